The molecule has 2 saturated heterocycles. The molecule has 0 spiro atoms. The maximum absolute atomic E-state index is 14.3. The molecule has 576 valence electrons. The van der Waals surface area contributed by atoms with Crippen LogP contribution in [0.3, 0.4) is 0 Å². The van der Waals surface area contributed by atoms with Crippen LogP contribution in [0.2, 0.25) is 0 Å². The molecule has 6 saturated carbocycles. The first kappa shape index (κ1) is 81.6. The van der Waals surface area contributed by atoms with Crippen molar-refractivity contribution in [2.45, 2.75) is 202 Å². The van der Waals surface area contributed by atoms with E-state index in [1.807, 2.05) is 102 Å². The summed E-state index contributed by atoms with van der Waals surface area (Å²) < 4.78 is 12.1. The van der Waals surface area contributed by atoms with Crippen LogP contribution < -0.4 is 41.8 Å². The van der Waals surface area contributed by atoms with Gasteiger partial charge in [0.2, 0.25) is 11.8 Å². The first-order valence-corrected chi connectivity index (χ1v) is 38.2. The zero-order chi connectivity index (χ0) is 76.1. The second-order valence-electron chi connectivity index (χ2n) is 33.8. The van der Waals surface area contributed by atoms with Crippen LogP contribution in [-0.2, 0) is 32.4 Å². The summed E-state index contributed by atoms with van der Waals surface area (Å²) in [5, 5.41) is 62.2. The molecule has 12 rings (SSSR count). The van der Waals surface area contributed by atoms with E-state index < -0.39 is 48.3 Å². The Morgan fingerprint density at radius 2 is 1.01 bits per heavy atom. The van der Waals surface area contributed by atoms with Crippen molar-refractivity contribution in [3.05, 3.63) is 95.1 Å². The van der Waals surface area contributed by atoms with Gasteiger partial charge in [0.15, 0.2) is 0 Å². The van der Waals surface area contributed by atoms with E-state index in [1.54, 1.807) is 44.3 Å². The summed E-state index contributed by atoms with van der Waals surface area (Å²) in [5.74, 6) is 2.90. The number of para-hydroxylation sites is 2. The first-order valence-electron chi connectivity index (χ1n) is 38.2. The number of ether oxygens (including phenoxy) is 2. The van der Waals surface area contributed by atoms with Gasteiger partial charge in [0.1, 0.15) is 35.8 Å². The fraction of sp³-hybridized carbons (Fsp3) is 0.659. The van der Waals surface area contributed by atoms with E-state index in [2.05, 4.69) is 106 Å². The van der Waals surface area contributed by atoms with Crippen LogP contribution in [-0.4, -0.2) is 200 Å². The predicted molar refractivity (Wildman–Crippen MR) is 409 cm³/mol. The van der Waals surface area contributed by atoms with Gasteiger partial charge in [-0.3, -0.25) is 28.9 Å². The Morgan fingerprint density at radius 3 is 1.36 bits per heavy atom. The number of nitrogens with two attached hydrogens (primary N) is 1. The lowest BCUT2D eigenvalue weighted by atomic mass is 9.45. The monoisotopic (exact) mass is 1440 g/mol. The van der Waals surface area contributed by atoms with Crippen LogP contribution in [0.25, 0.3) is 22.3 Å². The molecule has 4 bridgehead atoms. The summed E-state index contributed by atoms with van der Waals surface area (Å²) in [6.45, 7) is 29.5. The van der Waals surface area contributed by atoms with Crippen LogP contribution in [0, 0.1) is 70.0 Å². The van der Waals surface area contributed by atoms with Crippen LogP contribution in [0.4, 0.5) is 11.4 Å². The molecule has 4 amide bonds. The minimum Gasteiger partial charge on any atom is -0.496 e. The van der Waals surface area contributed by atoms with Crippen LogP contribution in [0.15, 0.2) is 72.8 Å². The van der Waals surface area contributed by atoms with Gasteiger partial charge in [0.05, 0.1) is 52.7 Å². The van der Waals surface area contributed by atoms with Gasteiger partial charge in [0, 0.05) is 100 Å². The van der Waals surface area contributed by atoms with Gasteiger partial charge in [-0.2, -0.15) is 10.1 Å². The summed E-state index contributed by atoms with van der Waals surface area (Å²) >= 11 is 0. The number of methoxy groups -OCH3 is 2. The fourth-order valence-corrected chi connectivity index (χ4v) is 18.7. The number of hydrogen-bond acceptors (Lipinski definition) is 18. The predicted octanol–water partition coefficient (Wildman–Crippen LogP) is 9.47. The topological polar surface area (TPSA) is 285 Å². The lowest BCUT2D eigenvalue weighted by Crippen LogP contribution is -2.62. The number of hydroxylamine groups is 4. The van der Waals surface area contributed by atoms with Crippen LogP contribution >= 0.6 is 0 Å². The molecule has 22 heteroatoms. The Kier molecular flexibility index (Phi) is 27.2. The average molecular weight is 1440 g/mol. The molecule has 4 aromatic carbocycles. The van der Waals surface area contributed by atoms with E-state index in [9.17, 15) is 39.6 Å². The van der Waals surface area contributed by atoms with Gasteiger partial charge in [0.25, 0.3) is 11.8 Å². The van der Waals surface area contributed by atoms with Crippen molar-refractivity contribution in [2.75, 3.05) is 86.3 Å². The van der Waals surface area contributed by atoms with E-state index in [4.69, 9.17) is 24.9 Å². The standard InChI is InChI=1S/C42H65N5O6.C40H61N5O6/c1-11-43-31-17-28(16-29(18-31)40(50)44-32(15-24(2)3)22-46(8)9)33-14-12-13-27(39(33)52-10)21-47-38(37(26(5)49)36(23-48)53-47)41(51)45-35-20-30-19-34(25(35)4)42(30,6)7;1-22(2)13-30(20-44(7)8)42-38(48)27-14-26(15-29(41)16-27)31-12-10-11-25(37(31)50-9)19-45-36(35(24(4)47)34(21-46)51-45)39(49)43-33-18-28-17-32(23(33)3)40(28,5)6/h12-14,16-18,24-26,30,32,34-38,43,48-49H,11,15,19-23H2,1-10H3,(H,44,50)(H,45,51);10-12,14-16,22-24,28,30,32-36,46-47H,13,17-21,41H2,1-9H3,(H,42,48)(H,43,49)/t25-,26-,30+,32-,34-,35-,36-,37+,38-;23-,24-,28+,30-,32-,33-,34-,35+,36-/m00/s1. The van der Waals surface area contributed by atoms with Crippen molar-refractivity contribution in [3.8, 4) is 33.8 Å². The molecule has 22 nitrogen and oxygen atoms in total. The molecule has 18 atom stereocenters. The first-order chi connectivity index (χ1) is 49.1. The number of anilines is 2. The molecule has 0 radical (unpaired) electrons. The quantitative estimate of drug-likeness (QED) is 0.0218. The third-order valence-electron chi connectivity index (χ3n) is 24.1. The molecule has 2 heterocycles. The highest BCUT2D eigenvalue weighted by Crippen LogP contribution is 2.62. The number of carbonyl (C=O) groups is 4. The summed E-state index contributed by atoms with van der Waals surface area (Å²) in [6.07, 6.45) is 2.68. The minimum absolute atomic E-state index is 0.000664. The molecule has 2 aliphatic heterocycles. The maximum Gasteiger partial charge on any atom is 0.251 e. The van der Waals surface area contributed by atoms with Crippen molar-refractivity contribution in [3.63, 3.8) is 0 Å². The van der Waals surface area contributed by atoms with Gasteiger partial charge < -0.3 is 72.0 Å². The van der Waals surface area contributed by atoms with Crippen molar-refractivity contribution in [1.29, 1.82) is 0 Å². The van der Waals surface area contributed by atoms with E-state index in [1.165, 1.54) is 12.8 Å². The normalized spacial score (nSPS) is 28.0. The summed E-state index contributed by atoms with van der Waals surface area (Å²) in [7, 11) is 11.2. The lowest BCUT2D eigenvalue weighted by Gasteiger charge is -2.62. The van der Waals surface area contributed by atoms with E-state index >= 15 is 0 Å². The Hall–Kier alpha value is -6.44. The van der Waals surface area contributed by atoms with Crippen molar-refractivity contribution >= 4 is 35.0 Å². The maximum atomic E-state index is 14.3. The molecular weight excluding hydrogens is 1320 g/mol. The number of likely N-dealkylation sites (N-methyl/N-ethyl adjacent to an activating group) is 2. The number of aliphatic hydroxyl groups excluding tert-OH is 4. The molecule has 0 aromatic heterocycles. The second-order valence-corrected chi connectivity index (χ2v) is 33.8. The highest BCUT2D eigenvalue weighted by molar-refractivity contribution is 5.98. The zero-order valence-corrected chi connectivity index (χ0v) is 65.6. The Bertz CT molecular complexity index is 3560. The number of benzene rings is 4. The fourth-order valence-electron chi connectivity index (χ4n) is 18.7. The highest BCUT2D eigenvalue weighted by Gasteiger charge is 2.59. The number of nitrogens with one attached hydrogen (secondary N) is 5. The van der Waals surface area contributed by atoms with E-state index in [-0.39, 0.29) is 84.9 Å². The molecule has 8 aliphatic rings. The molecular formula is C82H126N10O12. The average Bonchev–Trinajstić information content (AvgIpc) is 1.11. The van der Waals surface area contributed by atoms with Gasteiger partial charge in [-0.25, -0.2) is 0 Å². The molecule has 4 aromatic rings. The summed E-state index contributed by atoms with van der Waals surface area (Å²) in [5.41, 5.74) is 13.7. The summed E-state index contributed by atoms with van der Waals surface area (Å²) in [4.78, 5) is 72.4. The van der Waals surface area contributed by atoms with E-state index in [0.29, 0.717) is 87.8 Å². The van der Waals surface area contributed by atoms with Crippen molar-refractivity contribution in [2.24, 2.45) is 70.0 Å². The smallest absolute Gasteiger partial charge is 0.251 e. The number of hydrogen-bond donors (Lipinski definition) is 10. The van der Waals surface area contributed by atoms with Crippen LogP contribution in [0.5, 0.6) is 11.5 Å². The third-order valence-corrected chi connectivity index (χ3v) is 24.1. The number of fused-ring (bicyclic) bond motifs is 4. The number of carbonyl (C=O) groups excluding carboxylic acids is 4. The van der Waals surface area contributed by atoms with Gasteiger partial charge in [-0.05, 0) is 193 Å². The van der Waals surface area contributed by atoms with Gasteiger partial charge in [-0.1, -0.05) is 106 Å². The second kappa shape index (κ2) is 34.6. The Balaban J connectivity index is 0.000000241. The molecule has 104 heavy (non-hydrogen) atoms. The highest BCUT2D eigenvalue weighted by atomic mass is 16.7. The molecule has 0 unspecified atom stereocenters. The number of nitrogens with zero attached hydrogens (tertiary/aromatic N) is 4. The summed E-state index contributed by atoms with van der Waals surface area (Å²) in [6, 6.07) is 21.0. The molecule has 11 N–H and O–H groups in total. The number of aliphatic hydroxyl groups is 4. The zero-order valence-electron chi connectivity index (χ0n) is 65.6. The Morgan fingerprint density at radius 1 is 0.606 bits per heavy atom. The van der Waals surface area contributed by atoms with Crippen molar-refractivity contribution < 1.29 is 58.8 Å². The van der Waals surface area contributed by atoms with Crippen molar-refractivity contribution in [1.82, 2.24) is 41.2 Å². The number of nitrogen functional groups attached to an aromatic ring is 1. The number of rotatable bonds is 30. The minimum atomic E-state index is -0.901. The van der Waals surface area contributed by atoms with Gasteiger partial charge >= 0.3 is 0 Å². The SMILES string of the molecule is CCNc1cc(C(=O)N[C@@H](CC(C)C)CN(C)C)cc(-c2cccc(CN3O[C@@H](CO)[C@@H]([C@H](C)O)[C@H]3C(=O)N[C@H]3C[C@H]4C[C@@H]([C@@H]3C)C4(C)C)c2OC)c1.COc1c(CN2O[C@@H](CO)[C@@H]([C@H](C)O)[C@H]2C(=O)N[C@H]2C[C@H]3C[C@@H]([C@@H]2C)C3(C)C)cccc1-c1cc(N)cc(C(=O)N[C@@H](CC(C)C)CN(C)C)c1. The number of amides is 4. The third kappa shape index (κ3) is 18.2. The molecule has 6 aliphatic carbocycles. The van der Waals surface area contributed by atoms with Crippen LogP contribution in [0.1, 0.15) is 160 Å². The largest absolute Gasteiger partial charge is 0.496 e. The molecule has 8 fully saturated rings. The van der Waals surface area contributed by atoms with Gasteiger partial charge in [-0.15, -0.1) is 0 Å². The Labute approximate surface area is 619 Å². The lowest BCUT2D eigenvalue weighted by molar-refractivity contribution is -0.183. The van der Waals surface area contributed by atoms with E-state index in [0.717, 1.165) is 72.3 Å².